The summed E-state index contributed by atoms with van der Waals surface area (Å²) in [7, 11) is 0. The van der Waals surface area contributed by atoms with E-state index in [0.717, 1.165) is 25.7 Å². The second kappa shape index (κ2) is 16.5. The molecule has 10 nitrogen and oxygen atoms in total. The number of aliphatic hydroxyl groups excluding tert-OH is 1. The molecular weight excluding hydrogens is 541 g/mol. The minimum absolute atomic E-state index is 0.0446. The molecule has 2 N–H and O–H groups in total. The summed E-state index contributed by atoms with van der Waals surface area (Å²) in [6.07, 6.45) is 18.2. The van der Waals surface area contributed by atoms with Crippen LogP contribution in [-0.2, 0) is 19.1 Å². The number of aliphatic hydroxyl groups is 1. The van der Waals surface area contributed by atoms with Crippen molar-refractivity contribution in [3.63, 3.8) is 0 Å². The van der Waals surface area contributed by atoms with Crippen LogP contribution in [0.5, 0.6) is 0 Å². The van der Waals surface area contributed by atoms with Crippen LogP contribution in [0.4, 0.5) is 10.2 Å². The number of carbonyl (C=O) groups excluding carboxylic acids is 2. The Morgan fingerprint density at radius 3 is 2.40 bits per heavy atom. The van der Waals surface area contributed by atoms with E-state index in [1.807, 2.05) is 6.92 Å². The third kappa shape index (κ3) is 8.95. The molecule has 1 saturated heterocycles. The van der Waals surface area contributed by atoms with Gasteiger partial charge in [0.25, 0.3) is 0 Å². The fourth-order valence-electron chi connectivity index (χ4n) is 5.23. The summed E-state index contributed by atoms with van der Waals surface area (Å²) in [6, 6.07) is 0. The number of fused-ring (bicyclic) bond motifs is 1. The molecule has 42 heavy (non-hydrogen) atoms. The molecule has 2 aromatic heterocycles. The fraction of sp³-hybridized carbons (Fsp3) is 0.710. The number of amides is 1. The number of hydrogen-bond donors (Lipinski definition) is 2. The quantitative estimate of drug-likeness (QED) is 0.0914. The van der Waals surface area contributed by atoms with Crippen LogP contribution in [0.25, 0.3) is 11.2 Å². The molecule has 1 aliphatic rings. The number of nitrogens with one attached hydrogen (secondary N) is 1. The van der Waals surface area contributed by atoms with Crippen molar-refractivity contribution in [2.24, 2.45) is 5.92 Å². The van der Waals surface area contributed by atoms with Crippen LogP contribution >= 0.6 is 0 Å². The molecule has 1 aliphatic heterocycles. The predicted molar refractivity (Wildman–Crippen MR) is 157 cm³/mol. The van der Waals surface area contributed by atoms with Crippen molar-refractivity contribution in [2.45, 2.75) is 135 Å². The molecule has 0 radical (unpaired) electrons. The highest BCUT2D eigenvalue weighted by molar-refractivity contribution is 5.96. The SMILES string of the molecule is C#C[C@]1(OC(=O)C(C)CCC)O[C@@H](n2cnc3c(NC(=O)CCCCCCCCCCCCC)nc(F)nc32)C[C@@H]1O. The number of ether oxygens (including phenoxy) is 2. The highest BCUT2D eigenvalue weighted by Crippen LogP contribution is 2.39. The Morgan fingerprint density at radius 2 is 1.79 bits per heavy atom. The van der Waals surface area contributed by atoms with Crippen LogP contribution in [0.3, 0.4) is 0 Å². The number of nitrogens with zero attached hydrogens (tertiary/aromatic N) is 4. The van der Waals surface area contributed by atoms with Crippen LogP contribution in [0, 0.1) is 24.3 Å². The topological polar surface area (TPSA) is 128 Å². The van der Waals surface area contributed by atoms with Gasteiger partial charge in [-0.2, -0.15) is 14.4 Å². The lowest BCUT2D eigenvalue weighted by Crippen LogP contribution is -2.43. The Hall–Kier alpha value is -3.10. The fourth-order valence-corrected chi connectivity index (χ4v) is 5.23. The summed E-state index contributed by atoms with van der Waals surface area (Å²) in [6.45, 7) is 5.88. The van der Waals surface area contributed by atoms with Gasteiger partial charge in [-0.15, -0.1) is 6.42 Å². The highest BCUT2D eigenvalue weighted by atomic mass is 19.1. The molecule has 1 unspecified atom stereocenters. The summed E-state index contributed by atoms with van der Waals surface area (Å²) in [5, 5.41) is 13.4. The minimum Gasteiger partial charge on any atom is -0.418 e. The van der Waals surface area contributed by atoms with E-state index in [2.05, 4.69) is 33.1 Å². The summed E-state index contributed by atoms with van der Waals surface area (Å²) in [5.74, 6) is -1.07. The van der Waals surface area contributed by atoms with Gasteiger partial charge in [-0.05, 0) is 18.8 Å². The summed E-state index contributed by atoms with van der Waals surface area (Å²) < 4.78 is 27.2. The molecule has 1 fully saturated rings. The average Bonchev–Trinajstić information content (AvgIpc) is 3.52. The number of rotatable bonds is 18. The molecule has 3 rings (SSSR count). The molecule has 0 spiro atoms. The smallest absolute Gasteiger partial charge is 0.312 e. The summed E-state index contributed by atoms with van der Waals surface area (Å²) in [5.41, 5.74) is 0.205. The van der Waals surface area contributed by atoms with E-state index in [4.69, 9.17) is 15.9 Å². The van der Waals surface area contributed by atoms with Gasteiger partial charge in [-0.3, -0.25) is 14.2 Å². The van der Waals surface area contributed by atoms with Crippen molar-refractivity contribution in [1.29, 1.82) is 0 Å². The first kappa shape index (κ1) is 33.4. The highest BCUT2D eigenvalue weighted by Gasteiger charge is 2.52. The number of halogens is 1. The maximum absolute atomic E-state index is 14.5. The number of hydrogen-bond acceptors (Lipinski definition) is 8. The van der Waals surface area contributed by atoms with Crippen molar-refractivity contribution in [1.82, 2.24) is 19.5 Å². The van der Waals surface area contributed by atoms with Crippen molar-refractivity contribution < 1.29 is 28.6 Å². The monoisotopic (exact) mass is 587 g/mol. The first-order valence-corrected chi connectivity index (χ1v) is 15.5. The Bertz CT molecular complexity index is 1210. The zero-order valence-electron chi connectivity index (χ0n) is 25.2. The van der Waals surface area contributed by atoms with Gasteiger partial charge in [0.1, 0.15) is 12.3 Å². The summed E-state index contributed by atoms with van der Waals surface area (Å²) in [4.78, 5) is 37.0. The molecule has 2 aromatic rings. The van der Waals surface area contributed by atoms with E-state index < -0.39 is 36.1 Å². The lowest BCUT2D eigenvalue weighted by molar-refractivity contribution is -0.229. The Labute approximate surface area is 248 Å². The van der Waals surface area contributed by atoms with Crippen molar-refractivity contribution in [3.05, 3.63) is 12.4 Å². The summed E-state index contributed by atoms with van der Waals surface area (Å²) >= 11 is 0. The maximum atomic E-state index is 14.5. The van der Waals surface area contributed by atoms with Gasteiger partial charge in [-0.1, -0.05) is 91.4 Å². The zero-order valence-corrected chi connectivity index (χ0v) is 25.2. The van der Waals surface area contributed by atoms with Crippen LogP contribution in [-0.4, -0.2) is 48.4 Å². The predicted octanol–water partition coefficient (Wildman–Crippen LogP) is 6.19. The average molecular weight is 588 g/mol. The van der Waals surface area contributed by atoms with Gasteiger partial charge in [-0.25, -0.2) is 4.98 Å². The lowest BCUT2D eigenvalue weighted by Gasteiger charge is -2.27. The normalized spacial score (nSPS) is 20.9. The van der Waals surface area contributed by atoms with Crippen LogP contribution in [0.1, 0.15) is 123 Å². The molecule has 1 amide bonds. The van der Waals surface area contributed by atoms with E-state index in [1.165, 1.54) is 62.3 Å². The lowest BCUT2D eigenvalue weighted by atomic mass is 10.1. The Morgan fingerprint density at radius 1 is 1.14 bits per heavy atom. The Balaban J connectivity index is 1.55. The zero-order chi connectivity index (χ0) is 30.5. The molecule has 0 bridgehead atoms. The molecule has 0 saturated carbocycles. The van der Waals surface area contributed by atoms with Crippen LogP contribution < -0.4 is 5.32 Å². The van der Waals surface area contributed by atoms with Crippen molar-refractivity contribution in [2.75, 3.05) is 5.32 Å². The van der Waals surface area contributed by atoms with E-state index in [9.17, 15) is 19.1 Å². The molecule has 232 valence electrons. The number of aromatic nitrogens is 4. The third-order valence-electron chi connectivity index (χ3n) is 7.72. The molecule has 3 heterocycles. The van der Waals surface area contributed by atoms with E-state index in [0.29, 0.717) is 6.42 Å². The standard InChI is InChI=1S/C31H46FN5O5/c1-5-8-9-10-11-12-13-14-15-16-17-19-24(39)34-27-26-28(36-30(32)35-27)37(21-33-26)25-20-23(38)31(7-3,41-25)42-29(40)22(4)18-6-2/h3,21-23,25,38H,5-6,8-20H2,1-2,4H3,(H,34,35,36,39)/t22?,23-,25+,31+/m0/s1. The first-order chi connectivity index (χ1) is 20.2. The van der Waals surface area contributed by atoms with Gasteiger partial charge in [0.05, 0.1) is 12.2 Å². The van der Waals surface area contributed by atoms with Gasteiger partial charge in [0.2, 0.25) is 5.91 Å². The van der Waals surface area contributed by atoms with Gasteiger partial charge in [0.15, 0.2) is 17.0 Å². The Kier molecular flexibility index (Phi) is 13.1. The second-order valence-electron chi connectivity index (χ2n) is 11.2. The molecular formula is C31H46FN5O5. The number of imidazole rings is 1. The number of terminal acetylenes is 1. The van der Waals surface area contributed by atoms with E-state index in [1.54, 1.807) is 6.92 Å². The second-order valence-corrected chi connectivity index (χ2v) is 11.2. The third-order valence-corrected chi connectivity index (χ3v) is 7.72. The largest absolute Gasteiger partial charge is 0.418 e. The van der Waals surface area contributed by atoms with Gasteiger partial charge < -0.3 is 19.9 Å². The van der Waals surface area contributed by atoms with E-state index in [-0.39, 0.29) is 35.7 Å². The first-order valence-electron chi connectivity index (χ1n) is 15.5. The van der Waals surface area contributed by atoms with Crippen molar-refractivity contribution >= 4 is 28.9 Å². The number of esters is 1. The number of anilines is 1. The molecule has 0 aromatic carbocycles. The van der Waals surface area contributed by atoms with Crippen molar-refractivity contribution in [3.8, 4) is 12.3 Å². The number of carbonyl (C=O) groups is 2. The minimum atomic E-state index is -2.00. The van der Waals surface area contributed by atoms with Crippen LogP contribution in [0.2, 0.25) is 0 Å². The molecule has 0 aliphatic carbocycles. The van der Waals surface area contributed by atoms with Gasteiger partial charge >= 0.3 is 17.8 Å². The van der Waals surface area contributed by atoms with Gasteiger partial charge in [0, 0.05) is 12.8 Å². The van der Waals surface area contributed by atoms with Crippen LogP contribution in [0.15, 0.2) is 6.33 Å². The van der Waals surface area contributed by atoms with E-state index >= 15 is 0 Å². The number of unbranched alkanes of at least 4 members (excludes halogenated alkanes) is 10. The maximum Gasteiger partial charge on any atom is 0.312 e. The molecule has 4 atom stereocenters. The molecule has 11 heteroatoms.